The van der Waals surface area contributed by atoms with Crippen molar-refractivity contribution in [2.24, 2.45) is 0 Å². The molecule has 0 spiro atoms. The number of esters is 1. The van der Waals surface area contributed by atoms with Crippen LogP contribution in [0.25, 0.3) is 0 Å². The predicted molar refractivity (Wildman–Crippen MR) is 90.3 cm³/mol. The second-order valence-electron chi connectivity index (χ2n) is 5.80. The third-order valence-corrected chi connectivity index (χ3v) is 4.32. The molecular weight excluding hydrogens is 292 g/mol. The van der Waals surface area contributed by atoms with E-state index in [1.54, 1.807) is 6.07 Å². The summed E-state index contributed by atoms with van der Waals surface area (Å²) in [4.78, 5) is 16.3. The van der Waals surface area contributed by atoms with Crippen molar-refractivity contribution < 1.29 is 9.53 Å². The van der Waals surface area contributed by atoms with Crippen molar-refractivity contribution in [3.05, 3.63) is 41.2 Å². The first-order valence-electron chi connectivity index (χ1n) is 7.80. The topological polar surface area (TPSA) is 61.5 Å². The third kappa shape index (κ3) is 3.02. The Kier molecular flexibility index (Phi) is 4.23. The Labute approximate surface area is 136 Å². The highest BCUT2D eigenvalue weighted by molar-refractivity contribution is 5.90. The van der Waals surface area contributed by atoms with Crippen molar-refractivity contribution in [1.29, 1.82) is 0 Å². The molecule has 1 aromatic heterocycles. The van der Waals surface area contributed by atoms with Crippen molar-refractivity contribution >= 4 is 17.3 Å². The Bertz CT molecular complexity index is 683. The summed E-state index contributed by atoms with van der Waals surface area (Å²) in [6.45, 7) is 7.78. The molecule has 1 aliphatic rings. The number of aromatic amines is 1. The summed E-state index contributed by atoms with van der Waals surface area (Å²) in [6, 6.07) is 7.62. The molecular formula is C17H22N4O2. The monoisotopic (exact) mass is 314 g/mol. The van der Waals surface area contributed by atoms with Gasteiger partial charge in [-0.05, 0) is 32.0 Å². The fraction of sp³-hybridized carbons (Fsp3) is 0.412. The molecule has 1 aliphatic heterocycles. The number of anilines is 2. The van der Waals surface area contributed by atoms with Crippen molar-refractivity contribution in [3.63, 3.8) is 0 Å². The number of methoxy groups -OCH3 is 1. The average molecular weight is 314 g/mol. The van der Waals surface area contributed by atoms with Gasteiger partial charge in [0.25, 0.3) is 0 Å². The zero-order valence-corrected chi connectivity index (χ0v) is 13.8. The smallest absolute Gasteiger partial charge is 0.337 e. The second kappa shape index (κ2) is 6.32. The van der Waals surface area contributed by atoms with Gasteiger partial charge in [0.15, 0.2) is 0 Å². The average Bonchev–Trinajstić information content (AvgIpc) is 2.93. The first-order chi connectivity index (χ1) is 11.1. The quantitative estimate of drug-likeness (QED) is 0.880. The highest BCUT2D eigenvalue weighted by Gasteiger charge is 2.21. The predicted octanol–water partition coefficient (Wildman–Crippen LogP) is 2.14. The number of carbonyl (C=O) groups excluding carboxylic acids is 1. The highest BCUT2D eigenvalue weighted by Crippen LogP contribution is 2.25. The minimum Gasteiger partial charge on any atom is -0.465 e. The molecule has 1 aromatic carbocycles. The standard InChI is InChI=1S/C17H22N4O2/c1-12-16(13(2)19-18-12)21-9-7-20(8-10-21)15-6-4-5-14(11-15)17(22)23-3/h4-6,11H,7-10H2,1-3H3,(H,18,19). The van der Waals surface area contributed by atoms with Gasteiger partial charge in [0.05, 0.1) is 29.7 Å². The summed E-state index contributed by atoms with van der Waals surface area (Å²) in [5, 5.41) is 7.32. The van der Waals surface area contributed by atoms with Gasteiger partial charge in [0.1, 0.15) is 0 Å². The van der Waals surface area contributed by atoms with Gasteiger partial charge in [-0.15, -0.1) is 0 Å². The molecule has 0 aliphatic carbocycles. The Morgan fingerprint density at radius 2 is 1.87 bits per heavy atom. The van der Waals surface area contributed by atoms with E-state index in [-0.39, 0.29) is 5.97 Å². The lowest BCUT2D eigenvalue weighted by Gasteiger charge is -2.37. The first kappa shape index (κ1) is 15.4. The molecule has 23 heavy (non-hydrogen) atoms. The van der Waals surface area contributed by atoms with E-state index in [4.69, 9.17) is 4.74 Å². The number of aryl methyl sites for hydroxylation is 2. The van der Waals surface area contributed by atoms with Crippen molar-refractivity contribution in [3.8, 4) is 0 Å². The number of rotatable bonds is 3. The number of nitrogens with one attached hydrogen (secondary N) is 1. The van der Waals surface area contributed by atoms with Gasteiger partial charge in [-0.3, -0.25) is 5.10 Å². The van der Waals surface area contributed by atoms with Crippen molar-refractivity contribution in [1.82, 2.24) is 10.2 Å². The zero-order valence-electron chi connectivity index (χ0n) is 13.8. The van der Waals surface area contributed by atoms with E-state index in [2.05, 4.69) is 26.9 Å². The van der Waals surface area contributed by atoms with Gasteiger partial charge in [0.2, 0.25) is 0 Å². The number of benzene rings is 1. The van der Waals surface area contributed by atoms with Gasteiger partial charge in [0, 0.05) is 31.9 Å². The van der Waals surface area contributed by atoms with Crippen LogP contribution in [-0.2, 0) is 4.74 Å². The Morgan fingerprint density at radius 3 is 2.48 bits per heavy atom. The molecule has 0 unspecified atom stereocenters. The van der Waals surface area contributed by atoms with Crippen LogP contribution in [0.3, 0.4) is 0 Å². The van der Waals surface area contributed by atoms with Gasteiger partial charge < -0.3 is 14.5 Å². The summed E-state index contributed by atoms with van der Waals surface area (Å²) in [5.74, 6) is -0.296. The number of carbonyl (C=O) groups is 1. The largest absolute Gasteiger partial charge is 0.465 e. The van der Waals surface area contributed by atoms with Crippen LogP contribution in [0.4, 0.5) is 11.4 Å². The van der Waals surface area contributed by atoms with Crippen LogP contribution in [0.5, 0.6) is 0 Å². The Morgan fingerprint density at radius 1 is 1.17 bits per heavy atom. The third-order valence-electron chi connectivity index (χ3n) is 4.32. The number of H-pyrrole nitrogens is 1. The van der Waals surface area contributed by atoms with Gasteiger partial charge in [-0.25, -0.2) is 4.79 Å². The Hall–Kier alpha value is -2.50. The maximum Gasteiger partial charge on any atom is 0.337 e. The fourth-order valence-corrected chi connectivity index (χ4v) is 3.15. The summed E-state index contributed by atoms with van der Waals surface area (Å²) < 4.78 is 4.79. The molecule has 6 heteroatoms. The molecule has 2 heterocycles. The van der Waals surface area contributed by atoms with E-state index in [0.717, 1.165) is 43.3 Å². The van der Waals surface area contributed by atoms with E-state index in [0.29, 0.717) is 5.56 Å². The van der Waals surface area contributed by atoms with E-state index in [1.807, 2.05) is 25.1 Å². The Balaban J connectivity index is 1.71. The lowest BCUT2D eigenvalue weighted by molar-refractivity contribution is 0.0601. The zero-order chi connectivity index (χ0) is 16.4. The maximum atomic E-state index is 11.7. The molecule has 0 saturated carbocycles. The summed E-state index contributed by atoms with van der Waals surface area (Å²) in [7, 11) is 1.41. The lowest BCUT2D eigenvalue weighted by atomic mass is 10.1. The maximum absolute atomic E-state index is 11.7. The minimum atomic E-state index is -0.296. The van der Waals surface area contributed by atoms with Crippen LogP contribution in [0, 0.1) is 13.8 Å². The molecule has 1 fully saturated rings. The molecule has 0 atom stereocenters. The molecule has 0 radical (unpaired) electrons. The number of aromatic nitrogens is 2. The molecule has 3 rings (SSSR count). The molecule has 6 nitrogen and oxygen atoms in total. The normalized spacial score (nSPS) is 14.9. The molecule has 0 bridgehead atoms. The number of nitrogens with zero attached hydrogens (tertiary/aromatic N) is 3. The lowest BCUT2D eigenvalue weighted by Crippen LogP contribution is -2.46. The van der Waals surface area contributed by atoms with Crippen LogP contribution in [-0.4, -0.2) is 49.5 Å². The van der Waals surface area contributed by atoms with Crippen LogP contribution in [0.15, 0.2) is 24.3 Å². The molecule has 1 N–H and O–H groups in total. The fourth-order valence-electron chi connectivity index (χ4n) is 3.15. The van der Waals surface area contributed by atoms with E-state index < -0.39 is 0 Å². The summed E-state index contributed by atoms with van der Waals surface area (Å²) in [5.41, 5.74) is 5.03. The molecule has 122 valence electrons. The van der Waals surface area contributed by atoms with Crippen LogP contribution >= 0.6 is 0 Å². The van der Waals surface area contributed by atoms with E-state index in [9.17, 15) is 4.79 Å². The van der Waals surface area contributed by atoms with E-state index >= 15 is 0 Å². The molecule has 0 amide bonds. The van der Waals surface area contributed by atoms with Crippen LogP contribution < -0.4 is 9.80 Å². The van der Waals surface area contributed by atoms with Crippen molar-refractivity contribution in [2.75, 3.05) is 43.1 Å². The summed E-state index contributed by atoms with van der Waals surface area (Å²) >= 11 is 0. The highest BCUT2D eigenvalue weighted by atomic mass is 16.5. The van der Waals surface area contributed by atoms with Gasteiger partial charge in [-0.1, -0.05) is 6.07 Å². The van der Waals surface area contributed by atoms with Gasteiger partial charge in [-0.2, -0.15) is 5.10 Å². The van der Waals surface area contributed by atoms with Crippen molar-refractivity contribution in [2.45, 2.75) is 13.8 Å². The summed E-state index contributed by atoms with van der Waals surface area (Å²) in [6.07, 6.45) is 0. The number of hydrogen-bond donors (Lipinski definition) is 1. The minimum absolute atomic E-state index is 0.296. The van der Waals surface area contributed by atoms with Crippen LogP contribution in [0.2, 0.25) is 0 Å². The van der Waals surface area contributed by atoms with Crippen LogP contribution in [0.1, 0.15) is 21.7 Å². The number of hydrogen-bond acceptors (Lipinski definition) is 5. The molecule has 1 saturated heterocycles. The first-order valence-corrected chi connectivity index (χ1v) is 7.80. The van der Waals surface area contributed by atoms with Gasteiger partial charge >= 0.3 is 5.97 Å². The van der Waals surface area contributed by atoms with E-state index in [1.165, 1.54) is 12.8 Å². The number of ether oxygens (including phenoxy) is 1. The second-order valence-corrected chi connectivity index (χ2v) is 5.80. The number of piperazine rings is 1. The molecule has 2 aromatic rings. The SMILES string of the molecule is COC(=O)c1cccc(N2CCN(c3c(C)n[nH]c3C)CC2)c1.